The van der Waals surface area contributed by atoms with Crippen LogP contribution in [0, 0.1) is 12.7 Å². The van der Waals surface area contributed by atoms with Gasteiger partial charge in [0.1, 0.15) is 12.3 Å². The number of ether oxygens (including phenoxy) is 1. The fourth-order valence-electron chi connectivity index (χ4n) is 2.63. The molecular formula is C18H12ClF4NO3S. The van der Waals surface area contributed by atoms with Crippen molar-refractivity contribution in [1.82, 2.24) is 4.98 Å². The molecule has 2 heterocycles. The number of carboxylic acids is 1. The van der Waals surface area contributed by atoms with Crippen molar-refractivity contribution in [3.63, 3.8) is 0 Å². The molecule has 0 aliphatic heterocycles. The quantitative estimate of drug-likeness (QED) is 0.530. The Hall–Kier alpha value is -2.39. The molecule has 28 heavy (non-hydrogen) atoms. The summed E-state index contributed by atoms with van der Waals surface area (Å²) in [6, 6.07) is 3.28. The molecule has 148 valence electrons. The van der Waals surface area contributed by atoms with Crippen LogP contribution in [-0.2, 0) is 24.0 Å². The summed E-state index contributed by atoms with van der Waals surface area (Å²) in [4.78, 5) is 14.4. The predicted octanol–water partition coefficient (Wildman–Crippen LogP) is 5.62. The minimum atomic E-state index is -4.55. The van der Waals surface area contributed by atoms with Gasteiger partial charge in [0.2, 0.25) is 0 Å². The maximum atomic E-state index is 14.7. The maximum Gasteiger partial charge on any atom is 0.433 e. The molecule has 0 atom stereocenters. The largest absolute Gasteiger partial charge is 0.486 e. The summed E-state index contributed by atoms with van der Waals surface area (Å²) in [6.45, 7) is 1.20. The number of carboxylic acid groups (broad SMARTS) is 1. The number of alkyl halides is 3. The molecule has 0 aliphatic carbocycles. The second kappa shape index (κ2) is 7.56. The number of pyridine rings is 1. The number of hydrogen-bond donors (Lipinski definition) is 1. The lowest BCUT2D eigenvalue weighted by molar-refractivity contribution is -0.141. The highest BCUT2D eigenvalue weighted by Gasteiger charge is 2.32. The number of fused-ring (bicyclic) bond motifs is 1. The second-order valence-corrected chi connectivity index (χ2v) is 7.22. The van der Waals surface area contributed by atoms with Crippen LogP contribution in [0.4, 0.5) is 17.6 Å². The minimum Gasteiger partial charge on any atom is -0.486 e. The Bertz CT molecular complexity index is 1070. The van der Waals surface area contributed by atoms with Crippen LogP contribution in [0.5, 0.6) is 5.75 Å². The van der Waals surface area contributed by atoms with Crippen molar-refractivity contribution in [2.75, 3.05) is 0 Å². The van der Waals surface area contributed by atoms with Gasteiger partial charge in [0.05, 0.1) is 16.1 Å². The number of halogens is 5. The van der Waals surface area contributed by atoms with Crippen molar-refractivity contribution in [3.05, 3.63) is 56.9 Å². The highest BCUT2D eigenvalue weighted by molar-refractivity contribution is 7.17. The number of aliphatic carboxylic acids is 1. The van der Waals surface area contributed by atoms with E-state index in [4.69, 9.17) is 21.4 Å². The van der Waals surface area contributed by atoms with Gasteiger partial charge in [0.15, 0.2) is 11.6 Å². The normalized spacial score (nSPS) is 11.8. The number of aromatic nitrogens is 1. The zero-order valence-electron chi connectivity index (χ0n) is 14.2. The molecule has 1 aromatic carbocycles. The first-order chi connectivity index (χ1) is 13.1. The summed E-state index contributed by atoms with van der Waals surface area (Å²) in [5.41, 5.74) is -0.150. The molecule has 0 unspecified atom stereocenters. The maximum absolute atomic E-state index is 14.7. The van der Waals surface area contributed by atoms with Crippen molar-refractivity contribution in [3.8, 4) is 5.75 Å². The van der Waals surface area contributed by atoms with Crippen molar-refractivity contribution < 1.29 is 32.2 Å². The van der Waals surface area contributed by atoms with Crippen molar-refractivity contribution in [2.45, 2.75) is 26.1 Å². The molecule has 4 nitrogen and oxygen atoms in total. The van der Waals surface area contributed by atoms with E-state index in [-0.39, 0.29) is 34.2 Å². The lowest BCUT2D eigenvalue weighted by Crippen LogP contribution is -2.10. The Morgan fingerprint density at radius 1 is 1.32 bits per heavy atom. The number of hydrogen-bond acceptors (Lipinski definition) is 4. The summed E-state index contributed by atoms with van der Waals surface area (Å²) in [6.07, 6.45) is -4.85. The number of carbonyl (C=O) groups is 1. The molecule has 0 saturated carbocycles. The Morgan fingerprint density at radius 2 is 2.04 bits per heavy atom. The molecule has 10 heteroatoms. The van der Waals surface area contributed by atoms with Gasteiger partial charge >= 0.3 is 12.1 Å². The summed E-state index contributed by atoms with van der Waals surface area (Å²) in [7, 11) is 0. The SMILES string of the molecule is Cc1nc(C(F)(F)F)ccc1COc1cc(Cl)c2c(CC(=O)O)csc2c1F. The zero-order valence-corrected chi connectivity index (χ0v) is 15.8. The summed E-state index contributed by atoms with van der Waals surface area (Å²) >= 11 is 7.18. The monoisotopic (exact) mass is 433 g/mol. The molecule has 0 bridgehead atoms. The van der Waals surface area contributed by atoms with Crippen LogP contribution < -0.4 is 4.74 Å². The number of nitrogens with zero attached hydrogens (tertiary/aromatic N) is 1. The van der Waals surface area contributed by atoms with E-state index in [1.165, 1.54) is 24.4 Å². The van der Waals surface area contributed by atoms with Gasteiger partial charge in [0.25, 0.3) is 0 Å². The van der Waals surface area contributed by atoms with Gasteiger partial charge in [-0.05, 0) is 23.9 Å². The Labute approximate surface area is 165 Å². The first-order valence-electron chi connectivity index (χ1n) is 7.84. The first kappa shape index (κ1) is 20.3. The summed E-state index contributed by atoms with van der Waals surface area (Å²) < 4.78 is 58.4. The number of aryl methyl sites for hydroxylation is 1. The third-order valence-corrected chi connectivity index (χ3v) is 5.31. The van der Waals surface area contributed by atoms with Crippen LogP contribution in [0.3, 0.4) is 0 Å². The average Bonchev–Trinajstić information content (AvgIpc) is 3.00. The van der Waals surface area contributed by atoms with Crippen LogP contribution in [0.2, 0.25) is 5.02 Å². The molecule has 2 aromatic heterocycles. The standard InChI is InChI=1S/C18H12ClF4NO3S/c1-8-9(2-3-13(24-8)18(21,22)23)6-27-12-5-11(19)15-10(4-14(25)26)7-28-17(15)16(12)20/h2-3,5,7H,4,6H2,1H3,(H,25,26). The highest BCUT2D eigenvalue weighted by atomic mass is 35.5. The fraction of sp³-hybridized carbons (Fsp3) is 0.222. The topological polar surface area (TPSA) is 59.4 Å². The first-order valence-corrected chi connectivity index (χ1v) is 9.10. The molecule has 0 aliphatic rings. The van der Waals surface area contributed by atoms with Crippen LogP contribution in [0.1, 0.15) is 22.5 Å². The molecular weight excluding hydrogens is 422 g/mol. The number of thiophene rings is 1. The third-order valence-electron chi connectivity index (χ3n) is 3.99. The number of benzene rings is 1. The molecule has 0 fully saturated rings. The zero-order chi connectivity index (χ0) is 20.6. The van der Waals surface area contributed by atoms with Crippen LogP contribution in [-0.4, -0.2) is 16.1 Å². The van der Waals surface area contributed by atoms with E-state index in [0.29, 0.717) is 16.5 Å². The van der Waals surface area contributed by atoms with E-state index in [0.717, 1.165) is 17.4 Å². The number of rotatable bonds is 5. The fourth-order valence-corrected chi connectivity index (χ4v) is 4.03. The van der Waals surface area contributed by atoms with Crippen molar-refractivity contribution >= 4 is 39.0 Å². The molecule has 3 aromatic rings. The van der Waals surface area contributed by atoms with E-state index in [9.17, 15) is 22.4 Å². The smallest absolute Gasteiger partial charge is 0.433 e. The van der Waals surface area contributed by atoms with E-state index < -0.39 is 23.7 Å². The molecule has 0 saturated heterocycles. The molecule has 0 spiro atoms. The van der Waals surface area contributed by atoms with Gasteiger partial charge < -0.3 is 9.84 Å². The van der Waals surface area contributed by atoms with Crippen LogP contribution in [0.15, 0.2) is 23.6 Å². The average molecular weight is 434 g/mol. The van der Waals surface area contributed by atoms with Gasteiger partial charge in [-0.25, -0.2) is 9.37 Å². The van der Waals surface area contributed by atoms with E-state index in [2.05, 4.69) is 4.98 Å². The predicted molar refractivity (Wildman–Crippen MR) is 96.4 cm³/mol. The Morgan fingerprint density at radius 3 is 2.64 bits per heavy atom. The van der Waals surface area contributed by atoms with Crippen molar-refractivity contribution in [1.29, 1.82) is 0 Å². The highest BCUT2D eigenvalue weighted by Crippen LogP contribution is 2.39. The summed E-state index contributed by atoms with van der Waals surface area (Å²) in [5.74, 6) is -1.96. The van der Waals surface area contributed by atoms with Gasteiger partial charge in [-0.1, -0.05) is 17.7 Å². The van der Waals surface area contributed by atoms with Gasteiger partial charge in [-0.15, -0.1) is 11.3 Å². The molecule has 1 N–H and O–H groups in total. The molecule has 3 rings (SSSR count). The Balaban J connectivity index is 1.87. The minimum absolute atomic E-state index is 0.113. The van der Waals surface area contributed by atoms with Gasteiger partial charge in [-0.2, -0.15) is 13.2 Å². The molecule has 0 amide bonds. The lowest BCUT2D eigenvalue weighted by Gasteiger charge is -2.12. The van der Waals surface area contributed by atoms with Gasteiger partial charge in [-0.3, -0.25) is 4.79 Å². The molecule has 0 radical (unpaired) electrons. The Kier molecular flexibility index (Phi) is 5.49. The van der Waals surface area contributed by atoms with E-state index in [1.54, 1.807) is 0 Å². The van der Waals surface area contributed by atoms with E-state index >= 15 is 0 Å². The van der Waals surface area contributed by atoms with E-state index in [1.807, 2.05) is 0 Å². The van der Waals surface area contributed by atoms with Crippen molar-refractivity contribution in [2.24, 2.45) is 0 Å². The summed E-state index contributed by atoms with van der Waals surface area (Å²) in [5, 5.41) is 10.9. The second-order valence-electron chi connectivity index (χ2n) is 5.93. The third kappa shape index (κ3) is 4.05. The lowest BCUT2D eigenvalue weighted by atomic mass is 10.1. The van der Waals surface area contributed by atoms with Crippen LogP contribution in [0.25, 0.3) is 10.1 Å². The van der Waals surface area contributed by atoms with Crippen LogP contribution >= 0.6 is 22.9 Å². The van der Waals surface area contributed by atoms with Gasteiger partial charge in [0, 0.05) is 22.7 Å².